The largest absolute Gasteiger partial charge is 0.367 e. The molecule has 18 heavy (non-hydrogen) atoms. The summed E-state index contributed by atoms with van der Waals surface area (Å²) in [6.45, 7) is 0. The first-order valence-electron chi connectivity index (χ1n) is 6.59. The fourth-order valence-electron chi connectivity index (χ4n) is 3.27. The second-order valence-electron chi connectivity index (χ2n) is 5.31. The van der Waals surface area contributed by atoms with E-state index in [1.54, 1.807) is 17.7 Å². The van der Waals surface area contributed by atoms with Crippen molar-refractivity contribution < 1.29 is 0 Å². The van der Waals surface area contributed by atoms with E-state index in [1.807, 2.05) is 0 Å². The highest BCUT2D eigenvalue weighted by molar-refractivity contribution is 7.16. The molecular weight excluding hydrogens is 244 g/mol. The second kappa shape index (κ2) is 4.17. The first kappa shape index (κ1) is 10.7. The highest BCUT2D eigenvalue weighted by atomic mass is 32.1. The Morgan fingerprint density at radius 3 is 2.89 bits per heavy atom. The fraction of sp³-hybridized carbons (Fsp3) is 0.538. The Hall–Kier alpha value is -1.20. The molecule has 0 saturated carbocycles. The van der Waals surface area contributed by atoms with Gasteiger partial charge >= 0.3 is 0 Å². The summed E-state index contributed by atoms with van der Waals surface area (Å²) in [7, 11) is 0. The van der Waals surface area contributed by atoms with E-state index in [4.69, 9.17) is 0 Å². The van der Waals surface area contributed by atoms with E-state index in [2.05, 4.69) is 32.0 Å². The number of hydrogen-bond acceptors (Lipinski definition) is 5. The number of fused-ring (bicyclic) bond motifs is 3. The number of anilines is 1. The van der Waals surface area contributed by atoms with Crippen molar-refractivity contribution in [1.29, 1.82) is 0 Å². The lowest BCUT2D eigenvalue weighted by Gasteiger charge is -2.30. The molecule has 2 N–H and O–H groups in total. The molecule has 4 heterocycles. The van der Waals surface area contributed by atoms with Crippen LogP contribution in [0, 0.1) is 0 Å². The topological polar surface area (TPSA) is 49.8 Å². The zero-order valence-corrected chi connectivity index (χ0v) is 10.9. The van der Waals surface area contributed by atoms with Gasteiger partial charge in [-0.3, -0.25) is 0 Å². The molecule has 4 rings (SSSR count). The zero-order chi connectivity index (χ0) is 11.9. The van der Waals surface area contributed by atoms with Gasteiger partial charge in [0.15, 0.2) is 0 Å². The van der Waals surface area contributed by atoms with E-state index >= 15 is 0 Å². The predicted octanol–water partition coefficient (Wildman–Crippen LogP) is 2.39. The van der Waals surface area contributed by atoms with Crippen LogP contribution in [0.5, 0.6) is 0 Å². The molecule has 0 spiro atoms. The van der Waals surface area contributed by atoms with Crippen molar-refractivity contribution in [3.05, 3.63) is 17.8 Å². The van der Waals surface area contributed by atoms with Gasteiger partial charge in [-0.05, 0) is 37.1 Å². The molecule has 2 fully saturated rings. The van der Waals surface area contributed by atoms with E-state index in [-0.39, 0.29) is 0 Å². The summed E-state index contributed by atoms with van der Waals surface area (Å²) in [6, 6.07) is 4.08. The molecule has 2 aromatic heterocycles. The van der Waals surface area contributed by atoms with Crippen LogP contribution in [0.25, 0.3) is 10.2 Å². The van der Waals surface area contributed by atoms with Crippen LogP contribution in [-0.4, -0.2) is 28.1 Å². The number of nitrogens with zero attached hydrogens (tertiary/aromatic N) is 2. The number of nitrogens with one attached hydrogen (secondary N) is 2. The van der Waals surface area contributed by atoms with Crippen molar-refractivity contribution >= 4 is 27.4 Å². The molecule has 94 valence electrons. The molecule has 2 saturated heterocycles. The van der Waals surface area contributed by atoms with Gasteiger partial charge in [0.2, 0.25) is 0 Å². The molecule has 0 aliphatic carbocycles. The van der Waals surface area contributed by atoms with Gasteiger partial charge in [-0.1, -0.05) is 0 Å². The summed E-state index contributed by atoms with van der Waals surface area (Å²) in [6.07, 6.45) is 6.76. The molecule has 0 radical (unpaired) electrons. The number of thiophene rings is 1. The molecule has 0 aromatic carbocycles. The summed E-state index contributed by atoms with van der Waals surface area (Å²) in [5, 5.41) is 10.5. The van der Waals surface area contributed by atoms with Gasteiger partial charge in [-0.15, -0.1) is 11.3 Å². The standard InChI is InChI=1S/C13H16N4S/c1-2-9-6-10(5-8(1)16-9)17-12-11-3-4-18-13(11)15-7-14-12/h3-4,7-10,16H,1-2,5-6H2,(H,14,15,17). The third kappa shape index (κ3) is 1.78. The van der Waals surface area contributed by atoms with E-state index in [9.17, 15) is 0 Å². The molecule has 2 aliphatic rings. The Bertz CT molecular complexity index is 555. The second-order valence-corrected chi connectivity index (χ2v) is 6.21. The summed E-state index contributed by atoms with van der Waals surface area (Å²) >= 11 is 1.67. The van der Waals surface area contributed by atoms with Crippen LogP contribution in [0.1, 0.15) is 25.7 Å². The van der Waals surface area contributed by atoms with Crippen molar-refractivity contribution in [3.63, 3.8) is 0 Å². The maximum absolute atomic E-state index is 4.41. The lowest BCUT2D eigenvalue weighted by molar-refractivity contribution is 0.378. The molecule has 2 aliphatic heterocycles. The highest BCUT2D eigenvalue weighted by Gasteiger charge is 2.33. The van der Waals surface area contributed by atoms with Crippen LogP contribution < -0.4 is 10.6 Å². The van der Waals surface area contributed by atoms with Crippen LogP contribution >= 0.6 is 11.3 Å². The molecule has 0 amide bonds. The minimum Gasteiger partial charge on any atom is -0.367 e. The zero-order valence-electron chi connectivity index (χ0n) is 10.1. The summed E-state index contributed by atoms with van der Waals surface area (Å²) < 4.78 is 0. The Kier molecular flexibility index (Phi) is 2.48. The van der Waals surface area contributed by atoms with Crippen molar-refractivity contribution in [2.24, 2.45) is 0 Å². The van der Waals surface area contributed by atoms with Gasteiger partial charge in [0.05, 0.1) is 5.39 Å². The first-order chi connectivity index (χ1) is 8.88. The summed E-state index contributed by atoms with van der Waals surface area (Å²) in [5.41, 5.74) is 0. The lowest BCUT2D eigenvalue weighted by Crippen LogP contribution is -2.43. The molecule has 2 unspecified atom stereocenters. The van der Waals surface area contributed by atoms with Crippen LogP contribution in [0.15, 0.2) is 17.8 Å². The third-order valence-corrected chi connectivity index (χ3v) is 4.90. The maximum atomic E-state index is 4.41. The van der Waals surface area contributed by atoms with Gasteiger partial charge < -0.3 is 10.6 Å². The quantitative estimate of drug-likeness (QED) is 0.870. The van der Waals surface area contributed by atoms with E-state index in [0.717, 1.165) is 16.0 Å². The van der Waals surface area contributed by atoms with Crippen LogP contribution in [0.4, 0.5) is 5.82 Å². The monoisotopic (exact) mass is 260 g/mol. The Labute approximate surface area is 110 Å². The van der Waals surface area contributed by atoms with Crippen molar-refractivity contribution in [2.75, 3.05) is 5.32 Å². The predicted molar refractivity (Wildman–Crippen MR) is 74.0 cm³/mol. The van der Waals surface area contributed by atoms with Crippen molar-refractivity contribution in [1.82, 2.24) is 15.3 Å². The van der Waals surface area contributed by atoms with Crippen LogP contribution in [0.2, 0.25) is 0 Å². The van der Waals surface area contributed by atoms with Gasteiger partial charge in [0, 0.05) is 18.1 Å². The van der Waals surface area contributed by atoms with E-state index < -0.39 is 0 Å². The van der Waals surface area contributed by atoms with Gasteiger partial charge in [0.1, 0.15) is 17.0 Å². The van der Waals surface area contributed by atoms with Gasteiger partial charge in [-0.2, -0.15) is 0 Å². The van der Waals surface area contributed by atoms with Crippen LogP contribution in [0.3, 0.4) is 0 Å². The summed E-state index contributed by atoms with van der Waals surface area (Å²) in [5.74, 6) is 1.01. The van der Waals surface area contributed by atoms with Crippen molar-refractivity contribution in [2.45, 2.75) is 43.8 Å². The highest BCUT2D eigenvalue weighted by Crippen LogP contribution is 2.30. The smallest absolute Gasteiger partial charge is 0.138 e. The molecule has 2 aromatic rings. The SMILES string of the molecule is c1nc(NC2CC3CCC(C2)N3)c2ccsc2n1. The minimum atomic E-state index is 0.557. The number of aromatic nitrogens is 2. The number of hydrogen-bond donors (Lipinski definition) is 2. The van der Waals surface area contributed by atoms with Crippen LogP contribution in [-0.2, 0) is 0 Å². The number of rotatable bonds is 2. The molecule has 2 bridgehead atoms. The first-order valence-corrected chi connectivity index (χ1v) is 7.47. The van der Waals surface area contributed by atoms with Gasteiger partial charge in [0.25, 0.3) is 0 Å². The normalized spacial score (nSPS) is 30.8. The Morgan fingerprint density at radius 2 is 2.06 bits per heavy atom. The van der Waals surface area contributed by atoms with Gasteiger partial charge in [-0.25, -0.2) is 9.97 Å². The minimum absolute atomic E-state index is 0.557. The average Bonchev–Trinajstić information content (AvgIpc) is 2.97. The molecule has 2 atom stereocenters. The summed E-state index contributed by atoms with van der Waals surface area (Å²) in [4.78, 5) is 9.77. The third-order valence-electron chi connectivity index (χ3n) is 4.08. The fourth-order valence-corrected chi connectivity index (χ4v) is 4.01. The van der Waals surface area contributed by atoms with E-state index in [0.29, 0.717) is 18.1 Å². The lowest BCUT2D eigenvalue weighted by atomic mass is 10.00. The number of piperidine rings is 1. The Balaban J connectivity index is 1.59. The Morgan fingerprint density at radius 1 is 1.22 bits per heavy atom. The average molecular weight is 260 g/mol. The van der Waals surface area contributed by atoms with E-state index in [1.165, 1.54) is 25.7 Å². The maximum Gasteiger partial charge on any atom is 0.138 e. The molecule has 5 heteroatoms. The molecule has 4 nitrogen and oxygen atoms in total. The van der Waals surface area contributed by atoms with Crippen molar-refractivity contribution in [3.8, 4) is 0 Å². The molecular formula is C13H16N4S.